The highest BCUT2D eigenvalue weighted by Crippen LogP contribution is 2.21. The Balaban J connectivity index is 0.00000131. The Morgan fingerprint density at radius 3 is 2.81 bits per heavy atom. The lowest BCUT2D eigenvalue weighted by Gasteiger charge is -2.14. The first kappa shape index (κ1) is 21.4. The van der Waals surface area contributed by atoms with E-state index in [2.05, 4.69) is 52.2 Å². The van der Waals surface area contributed by atoms with Crippen LogP contribution in [0.2, 0.25) is 0 Å². The number of imidazole rings is 1. The van der Waals surface area contributed by atoms with Gasteiger partial charge in [0, 0.05) is 31.1 Å². The molecule has 3 aromatic rings. The molecule has 0 saturated heterocycles. The Morgan fingerprint density at radius 2 is 2.00 bits per heavy atom. The third-order valence-electron chi connectivity index (χ3n) is 4.79. The molecule has 4 heterocycles. The first-order valence-electron chi connectivity index (χ1n) is 9.01. The van der Waals surface area contributed by atoms with E-state index >= 15 is 0 Å². The SMILES string of the molecule is CCc1nc2c(c(NCc3cnc4c(C)cccn34)n1)CCNCC2.Cl.Cl. The second kappa shape index (κ2) is 9.35. The van der Waals surface area contributed by atoms with Crippen molar-refractivity contribution in [2.45, 2.75) is 39.7 Å². The number of halogens is 2. The summed E-state index contributed by atoms with van der Waals surface area (Å²) in [5, 5.41) is 7.00. The lowest BCUT2D eigenvalue weighted by molar-refractivity contribution is 0.708. The summed E-state index contributed by atoms with van der Waals surface area (Å²) in [7, 11) is 0. The van der Waals surface area contributed by atoms with Crippen LogP contribution in [0.5, 0.6) is 0 Å². The Kier molecular flexibility index (Phi) is 7.41. The van der Waals surface area contributed by atoms with Crippen LogP contribution >= 0.6 is 24.8 Å². The first-order valence-corrected chi connectivity index (χ1v) is 9.01. The third-order valence-corrected chi connectivity index (χ3v) is 4.79. The summed E-state index contributed by atoms with van der Waals surface area (Å²) in [6, 6.07) is 4.15. The zero-order valence-electron chi connectivity index (χ0n) is 15.7. The molecular formula is C19H26Cl2N6. The van der Waals surface area contributed by atoms with Gasteiger partial charge >= 0.3 is 0 Å². The van der Waals surface area contributed by atoms with Crippen LogP contribution in [0.1, 0.15) is 35.3 Å². The maximum Gasteiger partial charge on any atom is 0.139 e. The molecule has 0 amide bonds. The highest BCUT2D eigenvalue weighted by atomic mass is 35.5. The molecule has 0 aromatic carbocycles. The molecule has 0 fully saturated rings. The van der Waals surface area contributed by atoms with E-state index in [1.54, 1.807) is 0 Å². The molecule has 1 aliphatic heterocycles. The predicted octanol–water partition coefficient (Wildman–Crippen LogP) is 3.14. The quantitative estimate of drug-likeness (QED) is 0.693. The lowest BCUT2D eigenvalue weighted by atomic mass is 10.1. The van der Waals surface area contributed by atoms with Gasteiger partial charge in [-0.15, -0.1) is 24.8 Å². The number of rotatable bonds is 4. The standard InChI is InChI=1S/C19H24N6.2ClH/c1-3-17-23-16-7-9-20-8-6-15(16)18(24-17)21-11-14-12-22-19-13(2)5-4-10-25(14)19;;/h4-5,10,12,20H,3,6-9,11H2,1-2H3,(H,21,23,24);2*1H. The van der Waals surface area contributed by atoms with Gasteiger partial charge in [0.05, 0.1) is 24.1 Å². The molecule has 0 aliphatic carbocycles. The highest BCUT2D eigenvalue weighted by Gasteiger charge is 2.16. The van der Waals surface area contributed by atoms with Crippen molar-refractivity contribution in [1.82, 2.24) is 24.7 Å². The van der Waals surface area contributed by atoms with Crippen molar-refractivity contribution in [3.63, 3.8) is 0 Å². The molecule has 6 nitrogen and oxygen atoms in total. The van der Waals surface area contributed by atoms with Crippen molar-refractivity contribution in [2.24, 2.45) is 0 Å². The molecule has 0 saturated carbocycles. The Hall–Kier alpha value is -1.89. The van der Waals surface area contributed by atoms with E-state index < -0.39 is 0 Å². The fourth-order valence-corrected chi connectivity index (χ4v) is 3.41. The van der Waals surface area contributed by atoms with Gasteiger partial charge in [-0.3, -0.25) is 0 Å². The van der Waals surface area contributed by atoms with E-state index in [4.69, 9.17) is 9.97 Å². The number of nitrogens with zero attached hydrogens (tertiary/aromatic N) is 4. The molecule has 146 valence electrons. The van der Waals surface area contributed by atoms with E-state index in [-0.39, 0.29) is 24.8 Å². The van der Waals surface area contributed by atoms with Crippen molar-refractivity contribution in [1.29, 1.82) is 0 Å². The van der Waals surface area contributed by atoms with Gasteiger partial charge in [0.25, 0.3) is 0 Å². The summed E-state index contributed by atoms with van der Waals surface area (Å²) < 4.78 is 2.14. The van der Waals surface area contributed by atoms with Gasteiger partial charge < -0.3 is 15.0 Å². The zero-order chi connectivity index (χ0) is 17.2. The number of anilines is 1. The summed E-state index contributed by atoms with van der Waals surface area (Å²) in [6.45, 7) is 6.85. The average molecular weight is 409 g/mol. The minimum atomic E-state index is 0. The van der Waals surface area contributed by atoms with Crippen molar-refractivity contribution in [2.75, 3.05) is 18.4 Å². The van der Waals surface area contributed by atoms with Crippen molar-refractivity contribution < 1.29 is 0 Å². The molecule has 0 unspecified atom stereocenters. The number of nitrogens with one attached hydrogen (secondary N) is 2. The van der Waals surface area contributed by atoms with Crippen LogP contribution in [0.15, 0.2) is 24.5 Å². The van der Waals surface area contributed by atoms with Crippen molar-refractivity contribution >= 4 is 36.3 Å². The number of fused-ring (bicyclic) bond motifs is 2. The van der Waals surface area contributed by atoms with E-state index in [9.17, 15) is 0 Å². The Morgan fingerprint density at radius 1 is 1.19 bits per heavy atom. The van der Waals surface area contributed by atoms with Gasteiger partial charge in [0.15, 0.2) is 0 Å². The normalized spacial score (nSPS) is 13.3. The molecule has 3 aromatic heterocycles. The molecular weight excluding hydrogens is 383 g/mol. The summed E-state index contributed by atoms with van der Waals surface area (Å²) in [6.07, 6.45) is 6.79. The summed E-state index contributed by atoms with van der Waals surface area (Å²) in [5.74, 6) is 1.89. The lowest BCUT2D eigenvalue weighted by Crippen LogP contribution is -2.16. The molecule has 0 spiro atoms. The third kappa shape index (κ3) is 4.34. The monoisotopic (exact) mass is 408 g/mol. The average Bonchev–Trinajstić information content (AvgIpc) is 2.90. The molecule has 0 radical (unpaired) electrons. The second-order valence-corrected chi connectivity index (χ2v) is 6.51. The first-order chi connectivity index (χ1) is 12.3. The summed E-state index contributed by atoms with van der Waals surface area (Å²) in [4.78, 5) is 14.1. The molecule has 0 bridgehead atoms. The smallest absolute Gasteiger partial charge is 0.139 e. The topological polar surface area (TPSA) is 67.1 Å². The fourth-order valence-electron chi connectivity index (χ4n) is 3.41. The Bertz CT molecular complexity index is 909. The van der Waals surface area contributed by atoms with E-state index in [0.29, 0.717) is 6.54 Å². The predicted molar refractivity (Wildman–Crippen MR) is 113 cm³/mol. The van der Waals surface area contributed by atoms with Crippen molar-refractivity contribution in [3.05, 3.63) is 52.9 Å². The minimum Gasteiger partial charge on any atom is -0.364 e. The van der Waals surface area contributed by atoms with E-state index in [0.717, 1.165) is 55.3 Å². The molecule has 4 rings (SSSR count). The number of aromatic nitrogens is 4. The van der Waals surface area contributed by atoms with Crippen LogP contribution in [0.3, 0.4) is 0 Å². The van der Waals surface area contributed by atoms with Gasteiger partial charge in [-0.2, -0.15) is 0 Å². The van der Waals surface area contributed by atoms with Crippen LogP contribution in [-0.2, 0) is 25.8 Å². The second-order valence-electron chi connectivity index (χ2n) is 6.51. The van der Waals surface area contributed by atoms with E-state index in [1.807, 2.05) is 6.20 Å². The van der Waals surface area contributed by atoms with Gasteiger partial charge in [0.2, 0.25) is 0 Å². The summed E-state index contributed by atoms with van der Waals surface area (Å²) >= 11 is 0. The zero-order valence-corrected chi connectivity index (χ0v) is 17.3. The molecule has 2 N–H and O–H groups in total. The molecule has 27 heavy (non-hydrogen) atoms. The Labute approximate surface area is 172 Å². The van der Waals surface area contributed by atoms with Gasteiger partial charge in [-0.1, -0.05) is 13.0 Å². The van der Waals surface area contributed by atoms with Crippen LogP contribution in [0, 0.1) is 6.92 Å². The molecule has 8 heteroatoms. The minimum absolute atomic E-state index is 0. The summed E-state index contributed by atoms with van der Waals surface area (Å²) in [5.41, 5.74) is 5.78. The number of aryl methyl sites for hydroxylation is 2. The van der Waals surface area contributed by atoms with Crippen LogP contribution in [0.4, 0.5) is 5.82 Å². The van der Waals surface area contributed by atoms with Crippen LogP contribution in [-0.4, -0.2) is 32.4 Å². The number of pyridine rings is 1. The van der Waals surface area contributed by atoms with Gasteiger partial charge in [-0.05, 0) is 31.5 Å². The number of hydrogen-bond acceptors (Lipinski definition) is 5. The van der Waals surface area contributed by atoms with Crippen molar-refractivity contribution in [3.8, 4) is 0 Å². The van der Waals surface area contributed by atoms with Crippen LogP contribution in [0.25, 0.3) is 5.65 Å². The number of hydrogen-bond donors (Lipinski definition) is 2. The van der Waals surface area contributed by atoms with Gasteiger partial charge in [-0.25, -0.2) is 15.0 Å². The maximum absolute atomic E-state index is 4.76. The highest BCUT2D eigenvalue weighted by molar-refractivity contribution is 5.85. The maximum atomic E-state index is 4.76. The van der Waals surface area contributed by atoms with Crippen LogP contribution < -0.4 is 10.6 Å². The molecule has 1 aliphatic rings. The van der Waals surface area contributed by atoms with E-state index in [1.165, 1.54) is 16.8 Å². The fraction of sp³-hybridized carbons (Fsp3) is 0.421. The van der Waals surface area contributed by atoms with Gasteiger partial charge in [0.1, 0.15) is 17.3 Å². The molecule has 0 atom stereocenters. The largest absolute Gasteiger partial charge is 0.364 e.